The van der Waals surface area contributed by atoms with Gasteiger partial charge in [0.2, 0.25) is 0 Å². The first kappa shape index (κ1) is 17.9. The van der Waals surface area contributed by atoms with Gasteiger partial charge in [0.25, 0.3) is 11.6 Å². The maximum Gasteiger partial charge on any atom is 0.340 e. The van der Waals surface area contributed by atoms with Gasteiger partial charge in [0.05, 0.1) is 27.1 Å². The second kappa shape index (κ2) is 7.90. The molecule has 0 heterocycles. The van der Waals surface area contributed by atoms with E-state index in [0.717, 1.165) is 12.1 Å². The Balaban J connectivity index is 2.00. The zero-order chi connectivity index (χ0) is 18.4. The topological polar surface area (TPSA) is 122 Å². The molecule has 1 N–H and O–H groups in total. The van der Waals surface area contributed by atoms with Crippen molar-refractivity contribution in [1.29, 1.82) is 5.26 Å². The molecule has 0 unspecified atom stereocenters. The van der Waals surface area contributed by atoms with Crippen LogP contribution in [0.3, 0.4) is 0 Å². The number of nitro benzene ring substituents is 1. The molecule has 0 atom stereocenters. The predicted octanol–water partition coefficient (Wildman–Crippen LogP) is 2.92. The van der Waals surface area contributed by atoms with Gasteiger partial charge in [-0.15, -0.1) is 0 Å². The summed E-state index contributed by atoms with van der Waals surface area (Å²) in [6, 6.07) is 11.4. The number of rotatable bonds is 5. The van der Waals surface area contributed by atoms with Gasteiger partial charge in [-0.1, -0.05) is 17.7 Å². The van der Waals surface area contributed by atoms with Crippen molar-refractivity contribution < 1.29 is 19.2 Å². The summed E-state index contributed by atoms with van der Waals surface area (Å²) in [6.07, 6.45) is 0. The van der Waals surface area contributed by atoms with Crippen LogP contribution in [0.15, 0.2) is 42.5 Å². The van der Waals surface area contributed by atoms with Crippen LogP contribution in [-0.2, 0) is 9.53 Å². The van der Waals surface area contributed by atoms with Crippen LogP contribution in [0.25, 0.3) is 0 Å². The SMILES string of the molecule is N#Cc1cccc(NC(=O)COC(=O)c2cc([N+](=O)[O-])ccc2Cl)c1. The Hall–Kier alpha value is -3.44. The van der Waals surface area contributed by atoms with Crippen molar-refractivity contribution in [1.82, 2.24) is 0 Å². The number of carbonyl (C=O) groups excluding carboxylic acids is 2. The fourth-order valence-corrected chi connectivity index (χ4v) is 2.05. The molecule has 1 amide bonds. The summed E-state index contributed by atoms with van der Waals surface area (Å²) in [5, 5.41) is 22.0. The summed E-state index contributed by atoms with van der Waals surface area (Å²) in [4.78, 5) is 33.8. The van der Waals surface area contributed by atoms with Crippen LogP contribution in [0.2, 0.25) is 5.02 Å². The molecule has 0 bridgehead atoms. The zero-order valence-electron chi connectivity index (χ0n) is 12.6. The van der Waals surface area contributed by atoms with Crippen molar-refractivity contribution in [3.8, 4) is 6.07 Å². The Labute approximate surface area is 146 Å². The molecule has 25 heavy (non-hydrogen) atoms. The second-order valence-corrected chi connectivity index (χ2v) is 5.15. The van der Waals surface area contributed by atoms with E-state index >= 15 is 0 Å². The summed E-state index contributed by atoms with van der Waals surface area (Å²) in [6.45, 7) is -0.616. The summed E-state index contributed by atoms with van der Waals surface area (Å²) in [5.41, 5.74) is 0.191. The number of non-ortho nitro benzene ring substituents is 1. The van der Waals surface area contributed by atoms with Crippen LogP contribution in [0, 0.1) is 21.4 Å². The molecular weight excluding hydrogens is 350 g/mol. The first-order valence-electron chi connectivity index (χ1n) is 6.82. The molecule has 0 aromatic heterocycles. The number of esters is 1. The van der Waals surface area contributed by atoms with Crippen LogP contribution >= 0.6 is 11.6 Å². The molecule has 8 nitrogen and oxygen atoms in total. The third kappa shape index (κ3) is 4.76. The minimum atomic E-state index is -0.963. The summed E-state index contributed by atoms with van der Waals surface area (Å²) >= 11 is 5.82. The average molecular weight is 360 g/mol. The van der Waals surface area contributed by atoms with Crippen molar-refractivity contribution in [2.75, 3.05) is 11.9 Å². The molecule has 126 valence electrons. The summed E-state index contributed by atoms with van der Waals surface area (Å²) in [5.74, 6) is -1.60. The molecule has 0 saturated carbocycles. The lowest BCUT2D eigenvalue weighted by Crippen LogP contribution is -2.21. The Morgan fingerprint density at radius 3 is 2.72 bits per heavy atom. The maximum atomic E-state index is 11.9. The van der Waals surface area contributed by atoms with E-state index in [4.69, 9.17) is 21.6 Å². The van der Waals surface area contributed by atoms with Crippen molar-refractivity contribution in [2.24, 2.45) is 0 Å². The van der Waals surface area contributed by atoms with E-state index in [2.05, 4.69) is 5.32 Å². The average Bonchev–Trinajstić information content (AvgIpc) is 2.60. The van der Waals surface area contributed by atoms with Gasteiger partial charge >= 0.3 is 5.97 Å². The van der Waals surface area contributed by atoms with Crippen molar-refractivity contribution in [3.05, 3.63) is 68.7 Å². The normalized spacial score (nSPS) is 9.76. The molecule has 0 aliphatic heterocycles. The van der Waals surface area contributed by atoms with Gasteiger partial charge in [-0.05, 0) is 24.3 Å². The highest BCUT2D eigenvalue weighted by molar-refractivity contribution is 6.33. The monoisotopic (exact) mass is 359 g/mol. The van der Waals surface area contributed by atoms with E-state index in [1.54, 1.807) is 18.2 Å². The highest BCUT2D eigenvalue weighted by Crippen LogP contribution is 2.22. The minimum absolute atomic E-state index is 0.0299. The number of benzene rings is 2. The number of hydrogen-bond donors (Lipinski definition) is 1. The molecule has 2 aromatic rings. The molecule has 2 aromatic carbocycles. The number of amides is 1. The van der Waals surface area contributed by atoms with Gasteiger partial charge in [-0.2, -0.15) is 5.26 Å². The number of carbonyl (C=O) groups is 2. The lowest BCUT2D eigenvalue weighted by Gasteiger charge is -2.07. The van der Waals surface area contributed by atoms with Gasteiger partial charge in [-0.3, -0.25) is 14.9 Å². The number of nitro groups is 1. The first-order chi connectivity index (χ1) is 11.9. The van der Waals surface area contributed by atoms with E-state index in [-0.39, 0.29) is 16.3 Å². The van der Waals surface area contributed by atoms with Gasteiger partial charge < -0.3 is 10.1 Å². The number of nitrogens with zero attached hydrogens (tertiary/aromatic N) is 2. The number of nitriles is 1. The number of nitrogens with one attached hydrogen (secondary N) is 1. The van der Waals surface area contributed by atoms with Gasteiger partial charge in [0.15, 0.2) is 6.61 Å². The number of halogens is 1. The second-order valence-electron chi connectivity index (χ2n) is 4.74. The third-order valence-corrected chi connectivity index (χ3v) is 3.32. The Kier molecular flexibility index (Phi) is 5.66. The molecule has 0 saturated heterocycles. The van der Waals surface area contributed by atoms with Gasteiger partial charge in [0.1, 0.15) is 0 Å². The number of ether oxygens (including phenoxy) is 1. The van der Waals surface area contributed by atoms with E-state index in [9.17, 15) is 19.7 Å². The largest absolute Gasteiger partial charge is 0.452 e. The van der Waals surface area contributed by atoms with Gasteiger partial charge in [-0.25, -0.2) is 4.79 Å². The molecule has 9 heteroatoms. The highest BCUT2D eigenvalue weighted by Gasteiger charge is 2.18. The molecular formula is C16H10ClN3O5. The summed E-state index contributed by atoms with van der Waals surface area (Å²) < 4.78 is 4.81. The Morgan fingerprint density at radius 1 is 1.28 bits per heavy atom. The zero-order valence-corrected chi connectivity index (χ0v) is 13.3. The molecule has 0 spiro atoms. The van der Waals surface area contributed by atoms with E-state index < -0.39 is 23.4 Å². The number of anilines is 1. The smallest absolute Gasteiger partial charge is 0.340 e. The van der Waals surface area contributed by atoms with Crippen molar-refractivity contribution in [2.45, 2.75) is 0 Å². The lowest BCUT2D eigenvalue weighted by atomic mass is 10.2. The molecule has 0 radical (unpaired) electrons. The van der Waals surface area contributed by atoms with Crippen LogP contribution in [-0.4, -0.2) is 23.4 Å². The Morgan fingerprint density at radius 2 is 2.04 bits per heavy atom. The fraction of sp³-hybridized carbons (Fsp3) is 0.0625. The first-order valence-corrected chi connectivity index (χ1v) is 7.19. The minimum Gasteiger partial charge on any atom is -0.452 e. The van der Waals surface area contributed by atoms with Crippen molar-refractivity contribution in [3.63, 3.8) is 0 Å². The highest BCUT2D eigenvalue weighted by atomic mass is 35.5. The van der Waals surface area contributed by atoms with Gasteiger partial charge in [0, 0.05) is 17.8 Å². The predicted molar refractivity (Wildman–Crippen MR) is 88.2 cm³/mol. The molecule has 0 aliphatic carbocycles. The van der Waals surface area contributed by atoms with Crippen LogP contribution in [0.5, 0.6) is 0 Å². The maximum absolute atomic E-state index is 11.9. The van der Waals surface area contributed by atoms with E-state index in [1.165, 1.54) is 12.1 Å². The molecule has 0 aliphatic rings. The lowest BCUT2D eigenvalue weighted by molar-refractivity contribution is -0.384. The molecule has 2 rings (SSSR count). The van der Waals surface area contributed by atoms with E-state index in [0.29, 0.717) is 11.3 Å². The summed E-state index contributed by atoms with van der Waals surface area (Å²) in [7, 11) is 0. The molecule has 0 fully saturated rings. The number of hydrogen-bond acceptors (Lipinski definition) is 6. The van der Waals surface area contributed by atoms with Crippen LogP contribution < -0.4 is 5.32 Å². The van der Waals surface area contributed by atoms with Crippen LogP contribution in [0.4, 0.5) is 11.4 Å². The quantitative estimate of drug-likeness (QED) is 0.497. The standard InChI is InChI=1S/C16H10ClN3O5/c17-14-5-4-12(20(23)24)7-13(14)16(22)25-9-15(21)19-11-3-1-2-10(6-11)8-18/h1-7H,9H2,(H,19,21). The third-order valence-electron chi connectivity index (χ3n) is 2.99. The Bertz CT molecular complexity index is 892. The fourth-order valence-electron chi connectivity index (χ4n) is 1.86. The van der Waals surface area contributed by atoms with Crippen LogP contribution in [0.1, 0.15) is 15.9 Å². The van der Waals surface area contributed by atoms with Crippen molar-refractivity contribution >= 4 is 34.9 Å². The van der Waals surface area contributed by atoms with E-state index in [1.807, 2.05) is 6.07 Å².